The van der Waals surface area contributed by atoms with E-state index < -0.39 is 0 Å². The van der Waals surface area contributed by atoms with Crippen LogP contribution in [0.25, 0.3) is 0 Å². The van der Waals surface area contributed by atoms with Crippen LogP contribution in [0.5, 0.6) is 0 Å². The second-order valence-corrected chi connectivity index (χ2v) is 11.7. The monoisotopic (exact) mass is 403 g/mol. The molecular weight excluding hydrogens is 358 g/mol. The molecule has 9 atom stereocenters. The van der Waals surface area contributed by atoms with Gasteiger partial charge in [0.1, 0.15) is 0 Å². The Morgan fingerprint density at radius 1 is 1.00 bits per heavy atom. The number of amides is 1. The van der Waals surface area contributed by atoms with Gasteiger partial charge in [-0.1, -0.05) is 40.0 Å². The minimum absolute atomic E-state index is 0.0797. The maximum atomic E-state index is 11.7. The molecule has 0 aromatic carbocycles. The lowest BCUT2D eigenvalue weighted by Crippen LogP contribution is -2.61. The van der Waals surface area contributed by atoms with Crippen molar-refractivity contribution in [2.45, 2.75) is 104 Å². The highest BCUT2D eigenvalue weighted by Gasteiger charge is 2.63. The zero-order chi connectivity index (χ0) is 20.8. The van der Waals surface area contributed by atoms with Gasteiger partial charge in [0, 0.05) is 13.5 Å². The summed E-state index contributed by atoms with van der Waals surface area (Å²) < 4.78 is 0. The van der Waals surface area contributed by atoms with E-state index in [1.807, 2.05) is 0 Å². The molecule has 0 spiro atoms. The normalized spacial score (nSPS) is 49.1. The van der Waals surface area contributed by atoms with Gasteiger partial charge in [-0.05, 0) is 97.7 Å². The summed E-state index contributed by atoms with van der Waals surface area (Å²) in [5.74, 6) is 4.09. The fraction of sp³-hybridized carbons (Fsp3) is 0.962. The summed E-state index contributed by atoms with van der Waals surface area (Å²) in [6.45, 7) is 9.93. The Bertz CT molecular complexity index is 606. The number of aliphatic hydroxyl groups excluding tert-OH is 1. The lowest BCUT2D eigenvalue weighted by Gasteiger charge is -2.64. The van der Waals surface area contributed by atoms with Gasteiger partial charge in [0.2, 0.25) is 5.91 Å². The summed E-state index contributed by atoms with van der Waals surface area (Å²) in [4.78, 5) is 11.2. The number of hydrogen-bond donors (Lipinski definition) is 2. The van der Waals surface area contributed by atoms with Gasteiger partial charge in [0.05, 0.1) is 6.10 Å². The summed E-state index contributed by atoms with van der Waals surface area (Å²) in [6.07, 6.45) is 14.3. The average molecular weight is 404 g/mol. The van der Waals surface area contributed by atoms with Gasteiger partial charge >= 0.3 is 0 Å². The first kappa shape index (κ1) is 21.7. The molecule has 0 aromatic heterocycles. The summed E-state index contributed by atoms with van der Waals surface area (Å²) in [6, 6.07) is 0. The smallest absolute Gasteiger partial charge is 0.216 e. The molecule has 0 bridgehead atoms. The van der Waals surface area contributed by atoms with Crippen LogP contribution in [-0.4, -0.2) is 23.7 Å². The fourth-order valence-electron chi connectivity index (χ4n) is 9.23. The Morgan fingerprint density at radius 2 is 1.76 bits per heavy atom. The van der Waals surface area contributed by atoms with Crippen molar-refractivity contribution in [2.75, 3.05) is 6.54 Å². The number of nitrogens with one attached hydrogen (secondary N) is 1. The highest BCUT2D eigenvalue weighted by Crippen LogP contribution is 2.69. The second-order valence-electron chi connectivity index (χ2n) is 11.7. The van der Waals surface area contributed by atoms with Crippen LogP contribution in [0.15, 0.2) is 0 Å². The third-order valence-corrected chi connectivity index (χ3v) is 10.6. The Hall–Kier alpha value is -0.570. The zero-order valence-corrected chi connectivity index (χ0v) is 19.4. The Morgan fingerprint density at radius 3 is 2.48 bits per heavy atom. The van der Waals surface area contributed by atoms with Crippen molar-refractivity contribution in [3.63, 3.8) is 0 Å². The largest absolute Gasteiger partial charge is 0.393 e. The highest BCUT2D eigenvalue weighted by molar-refractivity contribution is 5.72. The lowest BCUT2D eigenvalue weighted by atomic mass is 9.41. The van der Waals surface area contributed by atoms with Crippen molar-refractivity contribution in [1.82, 2.24) is 5.32 Å². The van der Waals surface area contributed by atoms with Crippen molar-refractivity contribution in [3.05, 3.63) is 0 Å². The molecule has 3 nitrogen and oxygen atoms in total. The van der Waals surface area contributed by atoms with Crippen LogP contribution in [0.2, 0.25) is 0 Å². The van der Waals surface area contributed by atoms with E-state index in [1.54, 1.807) is 6.92 Å². The highest BCUT2D eigenvalue weighted by atomic mass is 16.3. The van der Waals surface area contributed by atoms with E-state index in [0.29, 0.717) is 28.6 Å². The molecule has 3 heteroatoms. The number of hydrogen-bond acceptors (Lipinski definition) is 2. The van der Waals surface area contributed by atoms with Gasteiger partial charge in [-0.15, -0.1) is 0 Å². The Balaban J connectivity index is 1.53. The molecular formula is C26H45NO2. The first-order valence-corrected chi connectivity index (χ1v) is 12.8. The van der Waals surface area contributed by atoms with Crippen LogP contribution in [0.1, 0.15) is 98.3 Å². The fourth-order valence-corrected chi connectivity index (χ4v) is 9.23. The number of carbonyl (C=O) groups is 1. The van der Waals surface area contributed by atoms with Crippen molar-refractivity contribution in [2.24, 2.45) is 46.3 Å². The molecule has 2 N–H and O–H groups in total. The molecule has 0 radical (unpaired) electrons. The Kier molecular flexibility index (Phi) is 6.10. The minimum atomic E-state index is -0.0797. The number of aliphatic hydroxyl groups is 1. The minimum Gasteiger partial charge on any atom is -0.393 e. The molecule has 0 heterocycles. The zero-order valence-electron chi connectivity index (χ0n) is 19.4. The van der Waals surface area contributed by atoms with Crippen molar-refractivity contribution in [1.29, 1.82) is 0 Å². The molecule has 166 valence electrons. The summed E-state index contributed by atoms with van der Waals surface area (Å²) in [5.41, 5.74) is 0.863. The van der Waals surface area contributed by atoms with Gasteiger partial charge in [0.25, 0.3) is 0 Å². The molecule has 4 aliphatic carbocycles. The molecule has 2 unspecified atom stereocenters. The van der Waals surface area contributed by atoms with E-state index in [1.165, 1.54) is 57.8 Å². The molecule has 4 saturated carbocycles. The van der Waals surface area contributed by atoms with Gasteiger partial charge < -0.3 is 10.4 Å². The van der Waals surface area contributed by atoms with Crippen LogP contribution in [0, 0.1) is 46.3 Å². The molecule has 0 aromatic rings. The molecule has 0 aliphatic heterocycles. The van der Waals surface area contributed by atoms with Crippen molar-refractivity contribution < 1.29 is 9.90 Å². The SMILES string of the molecule is CC[C@H]1[C@@H](O)[C@H]2C3CC[C@H](CCCNC(C)=O)[C@@]3(C)CCC2[C@@]2(C)CCCC[C@@H]12. The van der Waals surface area contributed by atoms with Crippen LogP contribution in [-0.2, 0) is 4.79 Å². The third kappa shape index (κ3) is 3.48. The molecule has 4 aliphatic rings. The third-order valence-electron chi connectivity index (χ3n) is 10.6. The maximum Gasteiger partial charge on any atom is 0.216 e. The predicted molar refractivity (Wildman–Crippen MR) is 118 cm³/mol. The maximum absolute atomic E-state index is 11.7. The topological polar surface area (TPSA) is 49.3 Å². The van der Waals surface area contributed by atoms with E-state index >= 15 is 0 Å². The van der Waals surface area contributed by atoms with Crippen LogP contribution in [0.3, 0.4) is 0 Å². The van der Waals surface area contributed by atoms with Gasteiger partial charge in [-0.2, -0.15) is 0 Å². The van der Waals surface area contributed by atoms with Gasteiger partial charge in [-0.3, -0.25) is 4.79 Å². The van der Waals surface area contributed by atoms with E-state index in [9.17, 15) is 9.90 Å². The van der Waals surface area contributed by atoms with E-state index in [-0.39, 0.29) is 12.0 Å². The number of fused-ring (bicyclic) bond motifs is 5. The number of rotatable bonds is 5. The van der Waals surface area contributed by atoms with E-state index in [4.69, 9.17) is 0 Å². The van der Waals surface area contributed by atoms with Gasteiger partial charge in [-0.25, -0.2) is 0 Å². The average Bonchev–Trinajstić information content (AvgIpc) is 3.02. The first-order chi connectivity index (χ1) is 13.8. The van der Waals surface area contributed by atoms with Crippen LogP contribution >= 0.6 is 0 Å². The first-order valence-electron chi connectivity index (χ1n) is 12.8. The summed E-state index contributed by atoms with van der Waals surface area (Å²) >= 11 is 0. The molecule has 4 rings (SSSR count). The van der Waals surface area contributed by atoms with Gasteiger partial charge in [0.15, 0.2) is 0 Å². The number of carbonyl (C=O) groups excluding carboxylic acids is 1. The lowest BCUT2D eigenvalue weighted by molar-refractivity contribution is -0.193. The van der Waals surface area contributed by atoms with Crippen molar-refractivity contribution in [3.8, 4) is 0 Å². The summed E-state index contributed by atoms with van der Waals surface area (Å²) in [7, 11) is 0. The second kappa shape index (κ2) is 8.17. The molecule has 1 amide bonds. The van der Waals surface area contributed by atoms with Crippen LogP contribution < -0.4 is 5.32 Å². The quantitative estimate of drug-likeness (QED) is 0.591. The molecule has 29 heavy (non-hydrogen) atoms. The molecule has 4 fully saturated rings. The van der Waals surface area contributed by atoms with Crippen LogP contribution in [0.4, 0.5) is 0 Å². The van der Waals surface area contributed by atoms with E-state index in [2.05, 4.69) is 26.1 Å². The predicted octanol–water partition coefficient (Wildman–Crippen LogP) is 5.56. The van der Waals surface area contributed by atoms with E-state index in [0.717, 1.165) is 37.1 Å². The molecule has 0 saturated heterocycles. The summed E-state index contributed by atoms with van der Waals surface area (Å²) in [5, 5.41) is 14.7. The Labute approximate surface area is 178 Å². The van der Waals surface area contributed by atoms with Crippen molar-refractivity contribution >= 4 is 5.91 Å². The standard InChI is InChI=1S/C26H45NO2/c1-5-19-20-10-6-7-14-26(20,4)22-13-15-25(3)18(9-8-16-27-17(2)28)11-12-21(25)23(22)24(19)29/h18-24,29H,5-16H2,1-4H3,(H,27,28)/t18-,19+,20-,21?,22?,23-,24+,25+,26-/m0/s1.